The molecule has 0 aliphatic carbocycles. The van der Waals surface area contributed by atoms with Crippen LogP contribution in [0.15, 0.2) is 48.7 Å². The van der Waals surface area contributed by atoms with E-state index in [1.165, 1.54) is 18.3 Å². The third-order valence-corrected chi connectivity index (χ3v) is 3.02. The molecule has 0 spiro atoms. The van der Waals surface area contributed by atoms with E-state index in [-0.39, 0.29) is 12.2 Å². The number of hydrogen-bond acceptors (Lipinski definition) is 3. The van der Waals surface area contributed by atoms with E-state index in [2.05, 4.69) is 5.32 Å². The molecule has 0 bridgehead atoms. The molecule has 0 saturated carbocycles. The van der Waals surface area contributed by atoms with Crippen LogP contribution in [0.2, 0.25) is 5.02 Å². The van der Waals surface area contributed by atoms with Gasteiger partial charge < -0.3 is 15.6 Å². The Bertz CT molecular complexity index is 602. The number of halogens is 1. The average molecular weight is 293 g/mol. The lowest BCUT2D eigenvalue weighted by molar-refractivity contribution is -0.607. The third kappa shape index (κ3) is 3.46. The second-order valence-electron chi connectivity index (χ2n) is 4.19. The summed E-state index contributed by atoms with van der Waals surface area (Å²) in [6.07, 6.45) is 0.380. The fraction of sp³-hybridized carbons (Fsp3) is 0.143. The maximum Gasteiger partial charge on any atom is 0.317 e. The minimum absolute atomic E-state index is 0.00929. The summed E-state index contributed by atoms with van der Waals surface area (Å²) in [5, 5.41) is 24.4. The second kappa shape index (κ2) is 6.36. The van der Waals surface area contributed by atoms with E-state index in [0.29, 0.717) is 15.3 Å². The van der Waals surface area contributed by atoms with Crippen LogP contribution >= 0.6 is 11.6 Å². The van der Waals surface area contributed by atoms with Gasteiger partial charge in [-0.3, -0.25) is 4.79 Å². The van der Waals surface area contributed by atoms with Gasteiger partial charge in [-0.15, -0.1) is 0 Å². The van der Waals surface area contributed by atoms with E-state index < -0.39 is 12.0 Å². The molecule has 0 saturated heterocycles. The molecule has 1 unspecified atom stereocenters. The van der Waals surface area contributed by atoms with Gasteiger partial charge in [0.1, 0.15) is 0 Å². The van der Waals surface area contributed by atoms with Crippen molar-refractivity contribution in [1.82, 2.24) is 5.32 Å². The zero-order chi connectivity index (χ0) is 14.5. The molecule has 2 rings (SSSR count). The first-order valence-corrected chi connectivity index (χ1v) is 6.35. The van der Waals surface area contributed by atoms with E-state index >= 15 is 0 Å². The number of aliphatic hydroxyl groups excluding tert-OH is 1. The van der Waals surface area contributed by atoms with E-state index in [1.54, 1.807) is 30.3 Å². The van der Waals surface area contributed by atoms with E-state index in [1.807, 2.05) is 0 Å². The molecule has 1 atom stereocenters. The van der Waals surface area contributed by atoms with Crippen LogP contribution in [-0.2, 0) is 0 Å². The van der Waals surface area contributed by atoms with Crippen molar-refractivity contribution in [1.29, 1.82) is 0 Å². The molecule has 20 heavy (non-hydrogen) atoms. The molecule has 1 aromatic heterocycles. The Morgan fingerprint density at radius 2 is 2.00 bits per heavy atom. The Labute approximate surface area is 121 Å². The molecule has 6 heteroatoms. The first-order chi connectivity index (χ1) is 9.58. The monoisotopic (exact) mass is 292 g/mol. The number of carbonyl (C=O) groups excluding carboxylic acids is 1. The first-order valence-electron chi connectivity index (χ1n) is 5.98. The van der Waals surface area contributed by atoms with Crippen molar-refractivity contribution in [3.63, 3.8) is 0 Å². The highest BCUT2D eigenvalue weighted by molar-refractivity contribution is 6.30. The number of hydrogen-bond donors (Lipinski definition) is 2. The van der Waals surface area contributed by atoms with Gasteiger partial charge in [0, 0.05) is 23.7 Å². The quantitative estimate of drug-likeness (QED) is 0.661. The molecule has 5 nitrogen and oxygen atoms in total. The summed E-state index contributed by atoms with van der Waals surface area (Å²) in [5.41, 5.74) is 0.619. The highest BCUT2D eigenvalue weighted by Gasteiger charge is 2.16. The molecule has 104 valence electrons. The zero-order valence-electron chi connectivity index (χ0n) is 10.5. The number of aliphatic hydroxyl groups is 1. The van der Waals surface area contributed by atoms with Crippen LogP contribution in [0, 0.1) is 5.21 Å². The molecule has 0 radical (unpaired) electrons. The Morgan fingerprint density at radius 3 is 2.65 bits per heavy atom. The van der Waals surface area contributed by atoms with Gasteiger partial charge in [0.05, 0.1) is 6.10 Å². The number of benzene rings is 1. The minimum atomic E-state index is -0.861. The van der Waals surface area contributed by atoms with Gasteiger partial charge in [0.2, 0.25) is 0 Å². The molecule has 1 aromatic carbocycles. The summed E-state index contributed by atoms with van der Waals surface area (Å²) in [5.74, 6) is -0.534. The molecule has 1 heterocycles. The fourth-order valence-corrected chi connectivity index (χ4v) is 1.81. The average Bonchev–Trinajstić information content (AvgIpc) is 2.45. The topological polar surface area (TPSA) is 76.3 Å². The lowest BCUT2D eigenvalue weighted by Crippen LogP contribution is -2.40. The maximum atomic E-state index is 11.8. The summed E-state index contributed by atoms with van der Waals surface area (Å²) >= 11 is 5.75. The predicted octanol–water partition coefficient (Wildman–Crippen LogP) is 1.44. The van der Waals surface area contributed by atoms with Gasteiger partial charge in [-0.1, -0.05) is 23.7 Å². The van der Waals surface area contributed by atoms with Crippen LogP contribution in [0.4, 0.5) is 0 Å². The molecule has 0 fully saturated rings. The Hall–Kier alpha value is -2.11. The lowest BCUT2D eigenvalue weighted by atomic mass is 10.1. The van der Waals surface area contributed by atoms with Gasteiger partial charge in [-0.2, -0.15) is 4.73 Å². The highest BCUT2D eigenvalue weighted by atomic mass is 35.5. The predicted molar refractivity (Wildman–Crippen MR) is 74.1 cm³/mol. The summed E-state index contributed by atoms with van der Waals surface area (Å²) in [7, 11) is 0. The van der Waals surface area contributed by atoms with Gasteiger partial charge >= 0.3 is 5.91 Å². The molecular weight excluding hydrogens is 280 g/mol. The van der Waals surface area contributed by atoms with Crippen molar-refractivity contribution in [2.45, 2.75) is 6.10 Å². The summed E-state index contributed by atoms with van der Waals surface area (Å²) in [4.78, 5) is 11.8. The largest absolute Gasteiger partial charge is 0.618 e. The van der Waals surface area contributed by atoms with Gasteiger partial charge in [0.25, 0.3) is 5.69 Å². The van der Waals surface area contributed by atoms with Crippen molar-refractivity contribution in [2.24, 2.45) is 0 Å². The Kier molecular flexibility index (Phi) is 4.55. The summed E-state index contributed by atoms with van der Waals surface area (Å²) in [6.45, 7) is 0.00929. The van der Waals surface area contributed by atoms with Crippen molar-refractivity contribution >= 4 is 17.5 Å². The lowest BCUT2D eigenvalue weighted by Gasteiger charge is -2.12. The van der Waals surface area contributed by atoms with Crippen LogP contribution in [-0.4, -0.2) is 17.6 Å². The van der Waals surface area contributed by atoms with Crippen LogP contribution in [0.3, 0.4) is 0 Å². The minimum Gasteiger partial charge on any atom is -0.618 e. The normalized spacial score (nSPS) is 11.9. The van der Waals surface area contributed by atoms with Crippen LogP contribution < -0.4 is 10.0 Å². The number of rotatable bonds is 4. The van der Waals surface area contributed by atoms with Crippen molar-refractivity contribution < 1.29 is 14.6 Å². The summed E-state index contributed by atoms with van der Waals surface area (Å²) in [6, 6.07) is 11.2. The standard InChI is InChI=1S/C14H13ClN2O3/c15-11-6-4-10(5-7-11)13(18)9-16-14(19)12-3-1-2-8-17(12)20/h1-8,13,18H,9H2,(H,16,19). The van der Waals surface area contributed by atoms with Crippen molar-refractivity contribution in [2.75, 3.05) is 6.54 Å². The third-order valence-electron chi connectivity index (χ3n) is 2.77. The number of nitrogens with one attached hydrogen (secondary N) is 1. The van der Waals surface area contributed by atoms with E-state index in [4.69, 9.17) is 11.6 Å². The van der Waals surface area contributed by atoms with Crippen molar-refractivity contribution in [3.05, 3.63) is 70.1 Å². The van der Waals surface area contributed by atoms with Gasteiger partial charge in [0.15, 0.2) is 6.20 Å². The molecule has 0 aliphatic rings. The van der Waals surface area contributed by atoms with Crippen molar-refractivity contribution in [3.8, 4) is 0 Å². The number of nitrogens with zero attached hydrogens (tertiary/aromatic N) is 1. The number of amides is 1. The second-order valence-corrected chi connectivity index (χ2v) is 4.63. The molecule has 1 amide bonds. The first kappa shape index (κ1) is 14.3. The molecule has 2 aromatic rings. The Morgan fingerprint density at radius 1 is 1.30 bits per heavy atom. The number of pyridine rings is 1. The van der Waals surface area contributed by atoms with E-state index in [9.17, 15) is 15.1 Å². The van der Waals surface area contributed by atoms with E-state index in [0.717, 1.165) is 0 Å². The van der Waals surface area contributed by atoms with Gasteiger partial charge in [-0.05, 0) is 23.8 Å². The van der Waals surface area contributed by atoms with Gasteiger partial charge in [-0.25, -0.2) is 0 Å². The maximum absolute atomic E-state index is 11.8. The highest BCUT2D eigenvalue weighted by Crippen LogP contribution is 2.15. The number of carbonyl (C=O) groups is 1. The Balaban J connectivity index is 1.97. The molecule has 0 aliphatic heterocycles. The van der Waals surface area contributed by atoms with Crippen LogP contribution in [0.1, 0.15) is 22.2 Å². The summed E-state index contributed by atoms with van der Waals surface area (Å²) < 4.78 is 0.476. The van der Waals surface area contributed by atoms with Crippen LogP contribution in [0.5, 0.6) is 0 Å². The SMILES string of the molecule is O=C(NCC(O)c1ccc(Cl)cc1)c1cccc[n+]1[O-]. The number of aromatic nitrogens is 1. The molecular formula is C14H13ClN2O3. The zero-order valence-corrected chi connectivity index (χ0v) is 11.2. The molecule has 2 N–H and O–H groups in total. The smallest absolute Gasteiger partial charge is 0.317 e. The van der Waals surface area contributed by atoms with Crippen LogP contribution in [0.25, 0.3) is 0 Å². The fourth-order valence-electron chi connectivity index (χ4n) is 1.69.